The zero-order chi connectivity index (χ0) is 15.7. The first kappa shape index (κ1) is 16.7. The van der Waals surface area contributed by atoms with Crippen LogP contribution in [0.25, 0.3) is 0 Å². The number of carbonyl (C=O) groups excluding carboxylic acids is 2. The van der Waals surface area contributed by atoms with Crippen molar-refractivity contribution in [2.45, 2.75) is 32.3 Å². The number of carbonyl (C=O) groups is 3. The summed E-state index contributed by atoms with van der Waals surface area (Å²) in [5.74, 6) is 0.357. The van der Waals surface area contributed by atoms with Crippen LogP contribution in [0.1, 0.15) is 24.9 Å². The van der Waals surface area contributed by atoms with Gasteiger partial charge in [0.25, 0.3) is 12.9 Å². The number of hydrogen-bond donors (Lipinski definition) is 1. The minimum absolute atomic E-state index is 0.0399. The van der Waals surface area contributed by atoms with Crippen molar-refractivity contribution in [3.63, 3.8) is 0 Å². The van der Waals surface area contributed by atoms with E-state index in [4.69, 9.17) is 14.3 Å². The largest absolute Gasteiger partial charge is 0.481 e. The first-order valence-corrected chi connectivity index (χ1v) is 6.48. The summed E-state index contributed by atoms with van der Waals surface area (Å²) in [5.41, 5.74) is 0. The highest BCUT2D eigenvalue weighted by molar-refractivity contribution is 5.66. The van der Waals surface area contributed by atoms with Gasteiger partial charge in [-0.3, -0.25) is 14.4 Å². The van der Waals surface area contributed by atoms with Crippen LogP contribution in [-0.4, -0.2) is 36.7 Å². The fourth-order valence-electron chi connectivity index (χ4n) is 1.95. The molecule has 7 heteroatoms. The van der Waals surface area contributed by atoms with Crippen molar-refractivity contribution in [2.24, 2.45) is 5.92 Å². The molecule has 2 unspecified atom stereocenters. The highest BCUT2D eigenvalue weighted by Gasteiger charge is 2.16. The van der Waals surface area contributed by atoms with E-state index in [-0.39, 0.29) is 38.3 Å². The molecule has 7 nitrogen and oxygen atoms in total. The van der Waals surface area contributed by atoms with E-state index in [1.54, 1.807) is 12.1 Å². The van der Waals surface area contributed by atoms with Crippen LogP contribution < -0.4 is 0 Å². The van der Waals surface area contributed by atoms with E-state index in [2.05, 4.69) is 4.74 Å². The van der Waals surface area contributed by atoms with Crippen molar-refractivity contribution in [3.8, 4) is 0 Å². The average Bonchev–Trinajstić information content (AvgIpc) is 2.82. The third kappa shape index (κ3) is 6.60. The minimum atomic E-state index is -0.847. The fourth-order valence-corrected chi connectivity index (χ4v) is 1.95. The first-order valence-electron chi connectivity index (χ1n) is 6.48. The second kappa shape index (κ2) is 8.78. The van der Waals surface area contributed by atoms with Crippen LogP contribution >= 0.6 is 0 Å². The molecule has 2 atom stereocenters. The second-order valence-electron chi connectivity index (χ2n) is 4.76. The van der Waals surface area contributed by atoms with Gasteiger partial charge in [-0.1, -0.05) is 6.92 Å². The highest BCUT2D eigenvalue weighted by atomic mass is 16.6. The van der Waals surface area contributed by atoms with E-state index in [0.717, 1.165) is 0 Å². The zero-order valence-electron chi connectivity index (χ0n) is 11.7. The molecule has 1 heterocycles. The van der Waals surface area contributed by atoms with Gasteiger partial charge in [-0.2, -0.15) is 0 Å². The molecule has 21 heavy (non-hydrogen) atoms. The van der Waals surface area contributed by atoms with Gasteiger partial charge in [0.15, 0.2) is 0 Å². The number of carboxylic acids is 1. The molecule has 0 aliphatic carbocycles. The predicted molar refractivity (Wildman–Crippen MR) is 70.5 cm³/mol. The Morgan fingerprint density at radius 1 is 1.29 bits per heavy atom. The van der Waals surface area contributed by atoms with Gasteiger partial charge in [-0.15, -0.1) is 0 Å². The molecular formula is C14H18O7. The lowest BCUT2D eigenvalue weighted by atomic mass is 10.0. The lowest BCUT2D eigenvalue weighted by Gasteiger charge is -2.12. The van der Waals surface area contributed by atoms with Crippen LogP contribution in [0.15, 0.2) is 16.5 Å². The quantitative estimate of drug-likeness (QED) is 0.612. The number of carboxylic acid groups (broad SMARTS) is 1. The monoisotopic (exact) mass is 298 g/mol. The highest BCUT2D eigenvalue weighted by Crippen LogP contribution is 2.17. The number of furan rings is 1. The van der Waals surface area contributed by atoms with Crippen LogP contribution in [0.2, 0.25) is 0 Å². The van der Waals surface area contributed by atoms with Crippen molar-refractivity contribution in [1.29, 1.82) is 0 Å². The van der Waals surface area contributed by atoms with Gasteiger partial charge in [0.2, 0.25) is 0 Å². The second-order valence-corrected chi connectivity index (χ2v) is 4.76. The normalized spacial score (nSPS) is 13.2. The molecule has 1 aromatic heterocycles. The first-order chi connectivity index (χ1) is 10.0. The molecule has 0 fully saturated rings. The summed E-state index contributed by atoms with van der Waals surface area (Å²) in [4.78, 5) is 31.1. The lowest BCUT2D eigenvalue weighted by Crippen LogP contribution is -2.21. The number of ether oxygens (including phenoxy) is 2. The Bertz CT molecular complexity index is 466. The van der Waals surface area contributed by atoms with Crippen LogP contribution in [0.4, 0.5) is 0 Å². The van der Waals surface area contributed by atoms with Crippen molar-refractivity contribution >= 4 is 18.9 Å². The molecule has 0 saturated heterocycles. The predicted octanol–water partition coefficient (Wildman–Crippen LogP) is 1.19. The number of aliphatic carboxylic acids is 1. The maximum absolute atomic E-state index is 10.6. The Morgan fingerprint density at radius 3 is 2.52 bits per heavy atom. The molecule has 0 aliphatic rings. The molecule has 1 aromatic rings. The van der Waals surface area contributed by atoms with Crippen LogP contribution in [0, 0.1) is 5.92 Å². The van der Waals surface area contributed by atoms with Gasteiger partial charge in [0.05, 0.1) is 0 Å². The van der Waals surface area contributed by atoms with E-state index in [0.29, 0.717) is 17.9 Å². The molecule has 0 radical (unpaired) electrons. The maximum atomic E-state index is 10.6. The zero-order valence-corrected chi connectivity index (χ0v) is 11.7. The summed E-state index contributed by atoms with van der Waals surface area (Å²) >= 11 is 0. The molecule has 0 spiro atoms. The Hall–Kier alpha value is -2.31. The van der Waals surface area contributed by atoms with E-state index < -0.39 is 12.1 Å². The van der Waals surface area contributed by atoms with E-state index in [9.17, 15) is 14.4 Å². The van der Waals surface area contributed by atoms with Gasteiger partial charge in [0.1, 0.15) is 24.2 Å². The molecule has 0 aromatic carbocycles. The van der Waals surface area contributed by atoms with Gasteiger partial charge < -0.3 is 19.0 Å². The van der Waals surface area contributed by atoms with Crippen molar-refractivity contribution in [2.75, 3.05) is 6.61 Å². The lowest BCUT2D eigenvalue weighted by molar-refractivity contribution is -0.142. The molecule has 0 saturated carbocycles. The van der Waals surface area contributed by atoms with Gasteiger partial charge in [0, 0.05) is 19.3 Å². The van der Waals surface area contributed by atoms with Crippen molar-refractivity contribution in [1.82, 2.24) is 0 Å². The summed E-state index contributed by atoms with van der Waals surface area (Å²) in [7, 11) is 0. The summed E-state index contributed by atoms with van der Waals surface area (Å²) in [6.45, 7) is 2.35. The topological polar surface area (TPSA) is 103 Å². The summed E-state index contributed by atoms with van der Waals surface area (Å²) < 4.78 is 14.9. The van der Waals surface area contributed by atoms with E-state index >= 15 is 0 Å². The molecule has 1 N–H and O–H groups in total. The third-order valence-corrected chi connectivity index (χ3v) is 2.82. The summed E-state index contributed by atoms with van der Waals surface area (Å²) in [5, 5.41) is 8.70. The molecule has 1 rings (SSSR count). The van der Waals surface area contributed by atoms with E-state index in [1.165, 1.54) is 0 Å². The third-order valence-electron chi connectivity index (χ3n) is 2.82. The molecule has 116 valence electrons. The molecule has 0 aliphatic heterocycles. The summed E-state index contributed by atoms with van der Waals surface area (Å²) in [6, 6.07) is 3.48. The Balaban J connectivity index is 2.54. The van der Waals surface area contributed by atoms with Crippen molar-refractivity contribution in [3.05, 3.63) is 23.7 Å². The Labute approximate surface area is 121 Å². The average molecular weight is 298 g/mol. The van der Waals surface area contributed by atoms with Crippen LogP contribution in [0.5, 0.6) is 0 Å². The molecule has 0 amide bonds. The van der Waals surface area contributed by atoms with Gasteiger partial charge in [-0.25, -0.2) is 0 Å². The van der Waals surface area contributed by atoms with Gasteiger partial charge >= 0.3 is 5.97 Å². The standard InChI is InChI=1S/C14H18O7/c1-10(5-14(17)18)4-11-2-3-12(21-11)6-13(20-9-16)7-19-8-15/h2-3,8-10,13H,4-7H2,1H3,(H,17,18). The van der Waals surface area contributed by atoms with Crippen LogP contribution in [-0.2, 0) is 36.7 Å². The molecule has 0 bridgehead atoms. The Kier molecular flexibility index (Phi) is 7.00. The number of rotatable bonds is 11. The summed E-state index contributed by atoms with van der Waals surface area (Å²) in [6.07, 6.45) is 0.249. The minimum Gasteiger partial charge on any atom is -0.481 e. The molecular weight excluding hydrogens is 280 g/mol. The Morgan fingerprint density at radius 2 is 1.95 bits per heavy atom. The SMILES string of the molecule is CC(CC(=O)O)Cc1ccc(CC(COC=O)OC=O)o1. The van der Waals surface area contributed by atoms with Crippen LogP contribution in [0.3, 0.4) is 0 Å². The smallest absolute Gasteiger partial charge is 0.303 e. The van der Waals surface area contributed by atoms with E-state index in [1.807, 2.05) is 6.92 Å². The van der Waals surface area contributed by atoms with Crippen molar-refractivity contribution < 1.29 is 33.4 Å². The van der Waals surface area contributed by atoms with Gasteiger partial charge in [-0.05, 0) is 18.1 Å². The maximum Gasteiger partial charge on any atom is 0.303 e. The fraction of sp³-hybridized carbons (Fsp3) is 0.500. The number of hydrogen-bond acceptors (Lipinski definition) is 6.